The van der Waals surface area contributed by atoms with Crippen LogP contribution < -0.4 is 5.32 Å². The summed E-state index contributed by atoms with van der Waals surface area (Å²) in [5.41, 5.74) is 5.09. The average molecular weight is 326 g/mol. The maximum Gasteiger partial charge on any atom is 0.180 e. The molecule has 4 nitrogen and oxygen atoms in total. The molecule has 1 N–H and O–H groups in total. The number of nitrogens with one attached hydrogen (secondary N) is 1. The molecule has 0 amide bonds. The lowest BCUT2D eigenvalue weighted by molar-refractivity contribution is 1.17. The molecule has 4 heteroatoms. The number of pyridine rings is 1. The minimum atomic E-state index is 0.618. The van der Waals surface area contributed by atoms with Gasteiger partial charge in [-0.2, -0.15) is 0 Å². The Labute approximate surface area is 146 Å². The molecule has 0 aliphatic rings. The van der Waals surface area contributed by atoms with Gasteiger partial charge in [-0.25, -0.2) is 9.97 Å². The molecule has 2 heterocycles. The van der Waals surface area contributed by atoms with Crippen LogP contribution in [0.4, 0.5) is 11.5 Å². The molecule has 0 bridgehead atoms. The Morgan fingerprint density at radius 2 is 1.68 bits per heavy atom. The van der Waals surface area contributed by atoms with Crippen molar-refractivity contribution in [1.29, 1.82) is 0 Å². The van der Waals surface area contributed by atoms with Gasteiger partial charge in [-0.05, 0) is 55.3 Å². The maximum absolute atomic E-state index is 4.75. The van der Waals surface area contributed by atoms with E-state index in [1.54, 1.807) is 6.20 Å². The minimum absolute atomic E-state index is 0.618. The topological polar surface area (TPSA) is 50.7 Å². The van der Waals surface area contributed by atoms with Crippen LogP contribution in [-0.4, -0.2) is 15.0 Å². The van der Waals surface area contributed by atoms with Crippen molar-refractivity contribution in [2.75, 3.05) is 5.32 Å². The SMILES string of the molecule is Cc1ccc(C)c(Nc2nc(-c3ccccn3)nc3ccccc23)c1. The molecule has 0 aliphatic heterocycles. The van der Waals surface area contributed by atoms with Crippen LogP contribution in [0.3, 0.4) is 0 Å². The second-order valence-corrected chi connectivity index (χ2v) is 6.07. The van der Waals surface area contributed by atoms with Crippen molar-refractivity contribution >= 4 is 22.4 Å². The summed E-state index contributed by atoms with van der Waals surface area (Å²) in [6.07, 6.45) is 1.76. The van der Waals surface area contributed by atoms with E-state index in [2.05, 4.69) is 47.3 Å². The zero-order valence-electron chi connectivity index (χ0n) is 14.2. The number of anilines is 2. The Hall–Kier alpha value is -3.27. The van der Waals surface area contributed by atoms with Gasteiger partial charge in [-0.3, -0.25) is 4.98 Å². The van der Waals surface area contributed by atoms with Crippen LogP contribution in [0.15, 0.2) is 66.9 Å². The quantitative estimate of drug-likeness (QED) is 0.572. The molecule has 4 rings (SSSR count). The molecule has 0 aliphatic carbocycles. The third-order valence-electron chi connectivity index (χ3n) is 4.14. The lowest BCUT2D eigenvalue weighted by Crippen LogP contribution is -2.01. The number of rotatable bonds is 3. The van der Waals surface area contributed by atoms with Gasteiger partial charge in [0.25, 0.3) is 0 Å². The van der Waals surface area contributed by atoms with Gasteiger partial charge in [-0.15, -0.1) is 0 Å². The number of nitrogens with zero attached hydrogens (tertiary/aromatic N) is 3. The normalized spacial score (nSPS) is 10.8. The van der Waals surface area contributed by atoms with Crippen LogP contribution in [-0.2, 0) is 0 Å². The zero-order valence-corrected chi connectivity index (χ0v) is 14.2. The Kier molecular flexibility index (Phi) is 3.86. The molecule has 2 aromatic heterocycles. The van der Waals surface area contributed by atoms with Gasteiger partial charge in [0.05, 0.1) is 5.52 Å². The molecule has 0 saturated heterocycles. The van der Waals surface area contributed by atoms with Crippen molar-refractivity contribution in [2.45, 2.75) is 13.8 Å². The largest absolute Gasteiger partial charge is 0.339 e. The Balaban J connectivity index is 1.88. The number of para-hydroxylation sites is 1. The van der Waals surface area contributed by atoms with E-state index >= 15 is 0 Å². The van der Waals surface area contributed by atoms with E-state index in [0.29, 0.717) is 5.82 Å². The monoisotopic (exact) mass is 326 g/mol. The van der Waals surface area contributed by atoms with Crippen LogP contribution in [0.5, 0.6) is 0 Å². The fourth-order valence-electron chi connectivity index (χ4n) is 2.78. The Morgan fingerprint density at radius 1 is 0.840 bits per heavy atom. The lowest BCUT2D eigenvalue weighted by atomic mass is 10.1. The van der Waals surface area contributed by atoms with Crippen LogP contribution >= 0.6 is 0 Å². The number of hydrogen-bond acceptors (Lipinski definition) is 4. The van der Waals surface area contributed by atoms with Gasteiger partial charge >= 0.3 is 0 Å². The van der Waals surface area contributed by atoms with E-state index in [-0.39, 0.29) is 0 Å². The Morgan fingerprint density at radius 3 is 2.52 bits per heavy atom. The number of fused-ring (bicyclic) bond motifs is 1. The first-order chi connectivity index (χ1) is 12.2. The number of hydrogen-bond donors (Lipinski definition) is 1. The molecule has 0 radical (unpaired) electrons. The van der Waals surface area contributed by atoms with E-state index in [0.717, 1.165) is 28.1 Å². The van der Waals surface area contributed by atoms with Gasteiger partial charge in [0.1, 0.15) is 11.5 Å². The second-order valence-electron chi connectivity index (χ2n) is 6.07. The van der Waals surface area contributed by atoms with Gasteiger partial charge in [-0.1, -0.05) is 30.3 Å². The summed E-state index contributed by atoms with van der Waals surface area (Å²) < 4.78 is 0. The second kappa shape index (κ2) is 6.32. The molecular formula is C21H18N4. The average Bonchev–Trinajstić information content (AvgIpc) is 2.65. The van der Waals surface area contributed by atoms with Crippen molar-refractivity contribution in [1.82, 2.24) is 15.0 Å². The van der Waals surface area contributed by atoms with Gasteiger partial charge in [0, 0.05) is 17.3 Å². The highest BCUT2D eigenvalue weighted by molar-refractivity contribution is 5.92. The van der Waals surface area contributed by atoms with Crippen molar-refractivity contribution in [2.24, 2.45) is 0 Å². The predicted molar refractivity (Wildman–Crippen MR) is 102 cm³/mol. The Bertz CT molecular complexity index is 1040. The fourth-order valence-corrected chi connectivity index (χ4v) is 2.78. The lowest BCUT2D eigenvalue weighted by Gasteiger charge is -2.13. The summed E-state index contributed by atoms with van der Waals surface area (Å²) in [6, 6.07) is 20.1. The van der Waals surface area contributed by atoms with Crippen LogP contribution in [0.25, 0.3) is 22.4 Å². The summed E-state index contributed by atoms with van der Waals surface area (Å²) in [6.45, 7) is 4.17. The highest BCUT2D eigenvalue weighted by Gasteiger charge is 2.11. The van der Waals surface area contributed by atoms with Gasteiger partial charge in [0.2, 0.25) is 0 Å². The first kappa shape index (κ1) is 15.3. The molecule has 25 heavy (non-hydrogen) atoms. The molecule has 0 unspecified atom stereocenters. The first-order valence-electron chi connectivity index (χ1n) is 8.23. The van der Waals surface area contributed by atoms with Crippen molar-refractivity contribution < 1.29 is 0 Å². The van der Waals surface area contributed by atoms with Gasteiger partial charge < -0.3 is 5.32 Å². The maximum atomic E-state index is 4.75. The van der Waals surface area contributed by atoms with Crippen LogP contribution in [0, 0.1) is 13.8 Å². The fraction of sp³-hybridized carbons (Fsp3) is 0.0952. The van der Waals surface area contributed by atoms with Crippen molar-refractivity contribution in [3.8, 4) is 11.5 Å². The molecule has 0 atom stereocenters. The summed E-state index contributed by atoms with van der Waals surface area (Å²) in [5, 5.41) is 4.48. The molecule has 0 spiro atoms. The number of benzene rings is 2. The van der Waals surface area contributed by atoms with E-state index in [1.807, 2.05) is 42.5 Å². The third-order valence-corrected chi connectivity index (χ3v) is 4.14. The highest BCUT2D eigenvalue weighted by atomic mass is 15.0. The molecule has 2 aromatic carbocycles. The van der Waals surface area contributed by atoms with Crippen molar-refractivity contribution in [3.63, 3.8) is 0 Å². The van der Waals surface area contributed by atoms with E-state index in [9.17, 15) is 0 Å². The minimum Gasteiger partial charge on any atom is -0.339 e. The number of aromatic nitrogens is 3. The number of aryl methyl sites for hydroxylation is 2. The van der Waals surface area contributed by atoms with E-state index in [1.165, 1.54) is 11.1 Å². The molecule has 122 valence electrons. The highest BCUT2D eigenvalue weighted by Crippen LogP contribution is 2.28. The summed E-state index contributed by atoms with van der Waals surface area (Å²) >= 11 is 0. The summed E-state index contributed by atoms with van der Waals surface area (Å²) in [4.78, 5) is 13.8. The smallest absolute Gasteiger partial charge is 0.180 e. The molecule has 0 saturated carbocycles. The van der Waals surface area contributed by atoms with Gasteiger partial charge in [0.15, 0.2) is 5.82 Å². The summed E-state index contributed by atoms with van der Waals surface area (Å²) in [7, 11) is 0. The van der Waals surface area contributed by atoms with Crippen LogP contribution in [0.1, 0.15) is 11.1 Å². The molecular weight excluding hydrogens is 308 g/mol. The van der Waals surface area contributed by atoms with Crippen molar-refractivity contribution in [3.05, 3.63) is 78.0 Å². The molecule has 0 fully saturated rings. The predicted octanol–water partition coefficient (Wildman–Crippen LogP) is 5.05. The third kappa shape index (κ3) is 3.06. The van der Waals surface area contributed by atoms with E-state index in [4.69, 9.17) is 4.98 Å². The van der Waals surface area contributed by atoms with Crippen LogP contribution in [0.2, 0.25) is 0 Å². The summed E-state index contributed by atoms with van der Waals surface area (Å²) in [5.74, 6) is 1.41. The standard InChI is InChI=1S/C21H18N4/c1-14-10-11-15(2)19(13-14)24-20-16-7-3-4-8-17(16)23-21(25-20)18-9-5-6-12-22-18/h3-13H,1-2H3,(H,23,24,25). The zero-order chi connectivity index (χ0) is 17.2. The van der Waals surface area contributed by atoms with E-state index < -0.39 is 0 Å². The molecule has 4 aromatic rings. The first-order valence-corrected chi connectivity index (χ1v) is 8.23.